The van der Waals surface area contributed by atoms with Gasteiger partial charge < -0.3 is 9.84 Å². The lowest BCUT2D eigenvalue weighted by Crippen LogP contribution is -2.04. The predicted molar refractivity (Wildman–Crippen MR) is 72.0 cm³/mol. The summed E-state index contributed by atoms with van der Waals surface area (Å²) >= 11 is 0. The first-order valence-corrected chi connectivity index (χ1v) is 6.62. The van der Waals surface area contributed by atoms with Gasteiger partial charge in [0.2, 0.25) is 0 Å². The van der Waals surface area contributed by atoms with Gasteiger partial charge in [-0.15, -0.1) is 0 Å². The van der Waals surface area contributed by atoms with Gasteiger partial charge in [-0.1, -0.05) is 27.2 Å². The molecule has 0 atom stereocenters. The molecule has 17 heavy (non-hydrogen) atoms. The molecule has 2 nitrogen and oxygen atoms in total. The molecule has 1 aromatic rings. The van der Waals surface area contributed by atoms with E-state index in [1.807, 2.05) is 13.0 Å². The number of aromatic hydroxyl groups is 1. The number of unbranched alkanes of at least 4 members (excludes halogenated alkanes) is 1. The Labute approximate surface area is 105 Å². The second kappa shape index (κ2) is 6.53. The summed E-state index contributed by atoms with van der Waals surface area (Å²) < 4.78 is 5.89. The molecule has 0 spiro atoms. The highest BCUT2D eigenvalue weighted by Gasteiger charge is 2.14. The molecule has 1 rings (SSSR count). The summed E-state index contributed by atoms with van der Waals surface area (Å²) in [6.45, 7) is 9.10. The van der Waals surface area contributed by atoms with Gasteiger partial charge in [0.1, 0.15) is 11.5 Å². The summed E-state index contributed by atoms with van der Waals surface area (Å²) in [4.78, 5) is 0. The standard InChI is InChI=1S/C15H24O2/c1-5-8-9-17-15-11(4)10-14(16)12(6-2)13(15)7-3/h10,16H,5-9H2,1-4H3. The first-order chi connectivity index (χ1) is 8.15. The minimum Gasteiger partial charge on any atom is -0.508 e. The normalized spacial score (nSPS) is 10.6. The maximum Gasteiger partial charge on any atom is 0.125 e. The van der Waals surface area contributed by atoms with Crippen LogP contribution in [0.4, 0.5) is 0 Å². The smallest absolute Gasteiger partial charge is 0.125 e. The Bertz CT molecular complexity index is 370. The number of aryl methyl sites for hydroxylation is 1. The fourth-order valence-corrected chi connectivity index (χ4v) is 2.18. The molecule has 0 aromatic heterocycles. The van der Waals surface area contributed by atoms with Crippen LogP contribution in [0.25, 0.3) is 0 Å². The lowest BCUT2D eigenvalue weighted by atomic mass is 9.97. The van der Waals surface area contributed by atoms with Gasteiger partial charge in [0.05, 0.1) is 6.61 Å². The van der Waals surface area contributed by atoms with Crippen LogP contribution in [0.2, 0.25) is 0 Å². The maximum atomic E-state index is 9.94. The Balaban J connectivity index is 3.08. The van der Waals surface area contributed by atoms with Crippen LogP contribution >= 0.6 is 0 Å². The third-order valence-corrected chi connectivity index (χ3v) is 3.11. The van der Waals surface area contributed by atoms with Crippen molar-refractivity contribution >= 4 is 0 Å². The minimum atomic E-state index is 0.407. The van der Waals surface area contributed by atoms with Gasteiger partial charge in [-0.2, -0.15) is 0 Å². The van der Waals surface area contributed by atoms with Crippen molar-refractivity contribution in [2.75, 3.05) is 6.61 Å². The molecule has 0 aliphatic carbocycles. The average Bonchev–Trinajstić information content (AvgIpc) is 2.31. The summed E-state index contributed by atoms with van der Waals surface area (Å²) in [6, 6.07) is 1.82. The first-order valence-electron chi connectivity index (χ1n) is 6.62. The number of hydrogen-bond acceptors (Lipinski definition) is 2. The van der Waals surface area contributed by atoms with Crippen molar-refractivity contribution in [3.8, 4) is 11.5 Å². The van der Waals surface area contributed by atoms with Crippen LogP contribution in [0.1, 0.15) is 50.3 Å². The second-order valence-corrected chi connectivity index (χ2v) is 4.41. The summed E-state index contributed by atoms with van der Waals surface area (Å²) in [5.41, 5.74) is 3.23. The topological polar surface area (TPSA) is 29.5 Å². The largest absolute Gasteiger partial charge is 0.508 e. The Kier molecular flexibility index (Phi) is 5.33. The fourth-order valence-electron chi connectivity index (χ4n) is 2.18. The van der Waals surface area contributed by atoms with E-state index in [0.29, 0.717) is 5.75 Å². The molecule has 0 amide bonds. The van der Waals surface area contributed by atoms with Gasteiger partial charge in [0.25, 0.3) is 0 Å². The molecule has 0 fully saturated rings. The molecule has 96 valence electrons. The molecule has 0 saturated heterocycles. The zero-order valence-electron chi connectivity index (χ0n) is 11.5. The second-order valence-electron chi connectivity index (χ2n) is 4.41. The molecular formula is C15H24O2. The van der Waals surface area contributed by atoms with Gasteiger partial charge in [-0.05, 0) is 37.8 Å². The Morgan fingerprint density at radius 2 is 1.76 bits per heavy atom. The van der Waals surface area contributed by atoms with Crippen LogP contribution in [0.3, 0.4) is 0 Å². The van der Waals surface area contributed by atoms with E-state index in [1.165, 1.54) is 5.56 Å². The van der Waals surface area contributed by atoms with Crippen molar-refractivity contribution in [1.82, 2.24) is 0 Å². The summed E-state index contributed by atoms with van der Waals surface area (Å²) in [5.74, 6) is 1.39. The van der Waals surface area contributed by atoms with Crippen molar-refractivity contribution in [1.29, 1.82) is 0 Å². The van der Waals surface area contributed by atoms with Crippen LogP contribution in [-0.2, 0) is 12.8 Å². The summed E-state index contributed by atoms with van der Waals surface area (Å²) in [7, 11) is 0. The molecule has 1 N–H and O–H groups in total. The summed E-state index contributed by atoms with van der Waals surface area (Å²) in [6.07, 6.45) is 3.96. The minimum absolute atomic E-state index is 0.407. The zero-order chi connectivity index (χ0) is 12.8. The van der Waals surface area contributed by atoms with Crippen molar-refractivity contribution in [3.05, 3.63) is 22.8 Å². The van der Waals surface area contributed by atoms with Crippen molar-refractivity contribution in [2.24, 2.45) is 0 Å². The molecule has 0 radical (unpaired) electrons. The Morgan fingerprint density at radius 3 is 2.29 bits per heavy atom. The molecule has 0 bridgehead atoms. The van der Waals surface area contributed by atoms with E-state index in [1.54, 1.807) is 0 Å². The van der Waals surface area contributed by atoms with E-state index in [0.717, 1.165) is 49.2 Å². The van der Waals surface area contributed by atoms with Crippen LogP contribution in [0.15, 0.2) is 6.07 Å². The van der Waals surface area contributed by atoms with E-state index >= 15 is 0 Å². The average molecular weight is 236 g/mol. The third kappa shape index (κ3) is 3.15. The molecule has 0 unspecified atom stereocenters. The molecule has 1 aromatic carbocycles. The number of phenols is 1. The third-order valence-electron chi connectivity index (χ3n) is 3.11. The van der Waals surface area contributed by atoms with E-state index in [-0.39, 0.29) is 0 Å². The lowest BCUT2D eigenvalue weighted by molar-refractivity contribution is 0.303. The van der Waals surface area contributed by atoms with Gasteiger partial charge in [0.15, 0.2) is 0 Å². The Hall–Kier alpha value is -1.18. The highest BCUT2D eigenvalue weighted by molar-refractivity contribution is 5.52. The van der Waals surface area contributed by atoms with Crippen molar-refractivity contribution in [3.63, 3.8) is 0 Å². The molecule has 2 heteroatoms. The number of rotatable bonds is 6. The number of ether oxygens (including phenoxy) is 1. The SMILES string of the molecule is CCCCOc1c(C)cc(O)c(CC)c1CC. The van der Waals surface area contributed by atoms with E-state index < -0.39 is 0 Å². The molecule has 0 saturated carbocycles. The number of phenolic OH excluding ortho intramolecular Hbond substituents is 1. The molecular weight excluding hydrogens is 212 g/mol. The van der Waals surface area contributed by atoms with Crippen molar-refractivity contribution in [2.45, 2.75) is 53.4 Å². The van der Waals surface area contributed by atoms with Gasteiger partial charge in [-0.25, -0.2) is 0 Å². The van der Waals surface area contributed by atoms with Crippen LogP contribution < -0.4 is 4.74 Å². The molecule has 0 aliphatic rings. The zero-order valence-corrected chi connectivity index (χ0v) is 11.5. The lowest BCUT2D eigenvalue weighted by Gasteiger charge is -2.17. The van der Waals surface area contributed by atoms with Crippen molar-refractivity contribution < 1.29 is 9.84 Å². The number of benzene rings is 1. The molecule has 0 heterocycles. The van der Waals surface area contributed by atoms with Gasteiger partial charge in [0, 0.05) is 11.1 Å². The quantitative estimate of drug-likeness (QED) is 0.756. The van der Waals surface area contributed by atoms with Crippen LogP contribution in [0.5, 0.6) is 11.5 Å². The van der Waals surface area contributed by atoms with E-state index in [2.05, 4.69) is 20.8 Å². The van der Waals surface area contributed by atoms with Crippen LogP contribution in [-0.4, -0.2) is 11.7 Å². The van der Waals surface area contributed by atoms with E-state index in [9.17, 15) is 5.11 Å². The first kappa shape index (κ1) is 13.9. The van der Waals surface area contributed by atoms with Crippen LogP contribution in [0, 0.1) is 6.92 Å². The highest BCUT2D eigenvalue weighted by Crippen LogP contribution is 2.34. The maximum absolute atomic E-state index is 9.94. The summed E-state index contributed by atoms with van der Waals surface area (Å²) in [5, 5.41) is 9.94. The van der Waals surface area contributed by atoms with Gasteiger partial charge in [-0.3, -0.25) is 0 Å². The molecule has 0 aliphatic heterocycles. The Morgan fingerprint density at radius 1 is 1.12 bits per heavy atom. The monoisotopic (exact) mass is 236 g/mol. The predicted octanol–water partition coefficient (Wildman–Crippen LogP) is 4.00. The fraction of sp³-hybridized carbons (Fsp3) is 0.600. The highest BCUT2D eigenvalue weighted by atomic mass is 16.5. The van der Waals surface area contributed by atoms with E-state index in [4.69, 9.17) is 4.74 Å². The van der Waals surface area contributed by atoms with Gasteiger partial charge >= 0.3 is 0 Å². The number of hydrogen-bond donors (Lipinski definition) is 1.